The minimum atomic E-state index is 0.0522. The van der Waals surface area contributed by atoms with Gasteiger partial charge in [0.2, 0.25) is 0 Å². The molecule has 4 heteroatoms. The smallest absolute Gasteiger partial charge is 0.192 e. The van der Waals surface area contributed by atoms with Crippen molar-refractivity contribution in [3.8, 4) is 0 Å². The second-order valence-corrected chi connectivity index (χ2v) is 2.62. The van der Waals surface area contributed by atoms with Gasteiger partial charge in [0, 0.05) is 5.56 Å². The first-order valence-corrected chi connectivity index (χ1v) is 3.80. The third-order valence-electron chi connectivity index (χ3n) is 1.30. The van der Waals surface area contributed by atoms with Crippen molar-refractivity contribution in [3.63, 3.8) is 0 Å². The molecule has 0 aliphatic carbocycles. The Kier molecular flexibility index (Phi) is 2.76. The average molecular weight is 179 g/mol. The van der Waals surface area contributed by atoms with Crippen LogP contribution >= 0.6 is 12.2 Å². The van der Waals surface area contributed by atoms with Crippen LogP contribution in [0, 0.1) is 0 Å². The number of aliphatic imine (C=N–C) groups is 1. The fourth-order valence-electron chi connectivity index (χ4n) is 0.792. The molecule has 0 spiro atoms. The van der Waals surface area contributed by atoms with Gasteiger partial charge in [0.05, 0.1) is 0 Å². The molecule has 1 rings (SSSR count). The summed E-state index contributed by atoms with van der Waals surface area (Å²) in [5, 5.41) is 0.0522. The van der Waals surface area contributed by atoms with E-state index < -0.39 is 0 Å². The van der Waals surface area contributed by atoms with Crippen molar-refractivity contribution >= 4 is 23.2 Å². The summed E-state index contributed by atoms with van der Waals surface area (Å²) in [6, 6.07) is 9.33. The van der Waals surface area contributed by atoms with E-state index in [0.717, 1.165) is 5.56 Å². The van der Waals surface area contributed by atoms with Crippen molar-refractivity contribution in [2.24, 2.45) is 16.5 Å². The van der Waals surface area contributed by atoms with Crippen LogP contribution in [0.15, 0.2) is 35.3 Å². The number of nitrogens with two attached hydrogens (primary N) is 2. The molecule has 0 amide bonds. The van der Waals surface area contributed by atoms with E-state index in [1.807, 2.05) is 30.3 Å². The van der Waals surface area contributed by atoms with Gasteiger partial charge in [-0.1, -0.05) is 30.3 Å². The molecule has 0 radical (unpaired) electrons. The van der Waals surface area contributed by atoms with E-state index in [2.05, 4.69) is 17.2 Å². The Morgan fingerprint density at radius 3 is 2.25 bits per heavy atom. The molecular weight excluding hydrogens is 170 g/mol. The molecule has 3 nitrogen and oxygen atoms in total. The number of hydrogen-bond acceptors (Lipinski definition) is 1. The minimum Gasteiger partial charge on any atom is -0.383 e. The molecule has 0 fully saturated rings. The van der Waals surface area contributed by atoms with Gasteiger partial charge in [-0.15, -0.1) is 0 Å². The van der Waals surface area contributed by atoms with E-state index >= 15 is 0 Å². The maximum Gasteiger partial charge on any atom is 0.192 e. The number of thiocarbonyl (C=S) groups is 1. The summed E-state index contributed by atoms with van der Waals surface area (Å²) in [7, 11) is 0. The van der Waals surface area contributed by atoms with Gasteiger partial charge in [0.1, 0.15) is 5.84 Å². The van der Waals surface area contributed by atoms with E-state index in [1.165, 1.54) is 0 Å². The maximum atomic E-state index is 5.58. The maximum absolute atomic E-state index is 5.58. The molecular formula is C8H9N3S. The number of hydrogen-bond donors (Lipinski definition) is 2. The van der Waals surface area contributed by atoms with Gasteiger partial charge in [-0.2, -0.15) is 0 Å². The zero-order valence-electron chi connectivity index (χ0n) is 6.40. The van der Waals surface area contributed by atoms with Crippen molar-refractivity contribution in [3.05, 3.63) is 35.9 Å². The standard InChI is InChI=1S/C8H9N3S/c9-7(11-8(10)12)6-4-2-1-3-5-6/h1-5H,(H4,9,10,11,12). The molecule has 12 heavy (non-hydrogen) atoms. The summed E-state index contributed by atoms with van der Waals surface area (Å²) >= 11 is 4.58. The summed E-state index contributed by atoms with van der Waals surface area (Å²) in [6.45, 7) is 0. The lowest BCUT2D eigenvalue weighted by Gasteiger charge is -1.97. The largest absolute Gasteiger partial charge is 0.383 e. The van der Waals surface area contributed by atoms with Crippen LogP contribution in [0.25, 0.3) is 0 Å². The molecule has 0 bridgehead atoms. The number of amidine groups is 1. The predicted octanol–water partition coefficient (Wildman–Crippen LogP) is 0.635. The highest BCUT2D eigenvalue weighted by Crippen LogP contribution is 1.97. The molecule has 0 atom stereocenters. The first-order valence-electron chi connectivity index (χ1n) is 3.39. The number of rotatable bonds is 1. The Balaban J connectivity index is 2.93. The van der Waals surface area contributed by atoms with Gasteiger partial charge in [-0.05, 0) is 12.2 Å². The Morgan fingerprint density at radius 1 is 1.17 bits per heavy atom. The van der Waals surface area contributed by atoms with Crippen LogP contribution < -0.4 is 11.5 Å². The second-order valence-electron chi connectivity index (χ2n) is 2.20. The predicted molar refractivity (Wildman–Crippen MR) is 54.0 cm³/mol. The van der Waals surface area contributed by atoms with Gasteiger partial charge < -0.3 is 11.5 Å². The third-order valence-corrected chi connectivity index (χ3v) is 1.39. The normalized spacial score (nSPS) is 11.2. The number of nitrogens with zero attached hydrogens (tertiary/aromatic N) is 1. The lowest BCUT2D eigenvalue weighted by molar-refractivity contribution is 1.51. The van der Waals surface area contributed by atoms with E-state index in [1.54, 1.807) is 0 Å². The van der Waals surface area contributed by atoms with Crippen LogP contribution in [0.5, 0.6) is 0 Å². The minimum absolute atomic E-state index is 0.0522. The van der Waals surface area contributed by atoms with Gasteiger partial charge >= 0.3 is 0 Å². The Morgan fingerprint density at radius 2 is 1.75 bits per heavy atom. The zero-order valence-corrected chi connectivity index (χ0v) is 7.21. The molecule has 4 N–H and O–H groups in total. The van der Waals surface area contributed by atoms with E-state index in [4.69, 9.17) is 11.5 Å². The lowest BCUT2D eigenvalue weighted by Crippen LogP contribution is -2.17. The van der Waals surface area contributed by atoms with Crippen LogP contribution in [-0.2, 0) is 0 Å². The molecule has 0 unspecified atom stereocenters. The lowest BCUT2D eigenvalue weighted by atomic mass is 10.2. The van der Waals surface area contributed by atoms with E-state index in [0.29, 0.717) is 5.84 Å². The highest BCUT2D eigenvalue weighted by atomic mass is 32.1. The summed E-state index contributed by atoms with van der Waals surface area (Å²) in [5.74, 6) is 0.350. The molecule has 0 saturated heterocycles. The topological polar surface area (TPSA) is 64.4 Å². The van der Waals surface area contributed by atoms with Gasteiger partial charge in [-0.25, -0.2) is 4.99 Å². The van der Waals surface area contributed by atoms with Crippen LogP contribution in [-0.4, -0.2) is 10.9 Å². The second kappa shape index (κ2) is 3.82. The van der Waals surface area contributed by atoms with Crippen LogP contribution in [0.4, 0.5) is 0 Å². The molecule has 1 aromatic rings. The monoisotopic (exact) mass is 179 g/mol. The SMILES string of the molecule is NC(=S)/N=C(\N)c1ccccc1. The zero-order chi connectivity index (χ0) is 8.97. The molecule has 62 valence electrons. The van der Waals surface area contributed by atoms with Crippen molar-refractivity contribution in [1.82, 2.24) is 0 Å². The third kappa shape index (κ3) is 2.32. The molecule has 0 saturated carbocycles. The molecule has 0 aliphatic heterocycles. The Hall–Kier alpha value is -1.42. The quantitative estimate of drug-likeness (QED) is 0.377. The molecule has 1 aromatic carbocycles. The Labute approximate surface area is 76.1 Å². The highest BCUT2D eigenvalue weighted by molar-refractivity contribution is 7.80. The van der Waals surface area contributed by atoms with E-state index in [-0.39, 0.29) is 5.11 Å². The van der Waals surface area contributed by atoms with Crippen LogP contribution in [0.2, 0.25) is 0 Å². The summed E-state index contributed by atoms with van der Waals surface area (Å²) in [4.78, 5) is 3.75. The van der Waals surface area contributed by atoms with Crippen molar-refractivity contribution in [1.29, 1.82) is 0 Å². The Bertz CT molecular complexity index is 305. The fraction of sp³-hybridized carbons (Fsp3) is 0. The van der Waals surface area contributed by atoms with Crippen molar-refractivity contribution in [2.45, 2.75) is 0 Å². The first-order chi connectivity index (χ1) is 5.70. The first kappa shape index (κ1) is 8.67. The number of benzene rings is 1. The highest BCUT2D eigenvalue weighted by Gasteiger charge is 1.95. The van der Waals surface area contributed by atoms with Gasteiger partial charge in [-0.3, -0.25) is 0 Å². The van der Waals surface area contributed by atoms with E-state index in [9.17, 15) is 0 Å². The van der Waals surface area contributed by atoms with Crippen LogP contribution in [0.3, 0.4) is 0 Å². The average Bonchev–Trinajstić information content (AvgIpc) is 2.05. The van der Waals surface area contributed by atoms with Gasteiger partial charge in [0.25, 0.3) is 0 Å². The summed E-state index contributed by atoms with van der Waals surface area (Å²) < 4.78 is 0. The van der Waals surface area contributed by atoms with Gasteiger partial charge in [0.15, 0.2) is 5.11 Å². The molecule has 0 heterocycles. The van der Waals surface area contributed by atoms with Crippen molar-refractivity contribution in [2.75, 3.05) is 0 Å². The van der Waals surface area contributed by atoms with Crippen LogP contribution in [0.1, 0.15) is 5.56 Å². The molecule has 0 aliphatic rings. The summed E-state index contributed by atoms with van der Waals surface area (Å²) in [6.07, 6.45) is 0. The summed E-state index contributed by atoms with van der Waals surface area (Å²) in [5.41, 5.74) is 11.6. The fourth-order valence-corrected chi connectivity index (χ4v) is 0.891. The van der Waals surface area contributed by atoms with Crippen molar-refractivity contribution < 1.29 is 0 Å². The molecule has 0 aromatic heterocycles.